The summed E-state index contributed by atoms with van der Waals surface area (Å²) in [7, 11) is 0. The van der Waals surface area contributed by atoms with E-state index in [1.807, 2.05) is 20.8 Å². The van der Waals surface area contributed by atoms with Crippen molar-refractivity contribution in [2.45, 2.75) is 27.3 Å². The van der Waals surface area contributed by atoms with Gasteiger partial charge in [0.1, 0.15) is 5.75 Å². The molecule has 1 aromatic carbocycles. The van der Waals surface area contributed by atoms with Gasteiger partial charge in [-0.05, 0) is 37.1 Å². The van der Waals surface area contributed by atoms with Gasteiger partial charge in [0.15, 0.2) is 0 Å². The zero-order chi connectivity index (χ0) is 17.3. The monoisotopic (exact) mass is 328 g/mol. The van der Waals surface area contributed by atoms with Gasteiger partial charge in [-0.15, -0.1) is 5.10 Å². The molecule has 7 nitrogen and oxygen atoms in total. The molecule has 0 fully saturated rings. The summed E-state index contributed by atoms with van der Waals surface area (Å²) in [4.78, 5) is 25.0. The summed E-state index contributed by atoms with van der Waals surface area (Å²) in [6.07, 6.45) is 3.15. The Balaban J connectivity index is 2.08. The van der Waals surface area contributed by atoms with Gasteiger partial charge in [0.2, 0.25) is 5.65 Å². The largest absolute Gasteiger partial charge is 0.494 e. The molecule has 0 radical (unpaired) electrons. The van der Waals surface area contributed by atoms with Crippen LogP contribution in [0.5, 0.6) is 5.75 Å². The Morgan fingerprint density at radius 1 is 1.12 bits per heavy atom. The summed E-state index contributed by atoms with van der Waals surface area (Å²) < 4.78 is 9.50. The summed E-state index contributed by atoms with van der Waals surface area (Å²) >= 11 is 0. The van der Waals surface area contributed by atoms with E-state index in [0.717, 1.165) is 5.75 Å². The SMILES string of the molecule is CCOc1ccc(-n2ccn3c(=O)n(CC(C)C)nc3c2=O)cc1. The van der Waals surface area contributed by atoms with Gasteiger partial charge in [-0.25, -0.2) is 13.9 Å². The predicted molar refractivity (Wildman–Crippen MR) is 91.1 cm³/mol. The van der Waals surface area contributed by atoms with E-state index in [1.165, 1.54) is 13.6 Å². The van der Waals surface area contributed by atoms with E-state index in [4.69, 9.17) is 4.74 Å². The number of benzene rings is 1. The number of hydrogen-bond donors (Lipinski definition) is 0. The lowest BCUT2D eigenvalue weighted by atomic mass is 10.2. The minimum Gasteiger partial charge on any atom is -0.494 e. The van der Waals surface area contributed by atoms with Crippen LogP contribution in [0.3, 0.4) is 0 Å². The second-order valence-electron chi connectivity index (χ2n) is 5.95. The highest BCUT2D eigenvalue weighted by atomic mass is 16.5. The van der Waals surface area contributed by atoms with Crippen LogP contribution in [0.15, 0.2) is 46.2 Å². The highest BCUT2D eigenvalue weighted by Gasteiger charge is 2.13. The molecule has 2 heterocycles. The second kappa shape index (κ2) is 6.35. The maximum atomic E-state index is 12.7. The van der Waals surface area contributed by atoms with Crippen LogP contribution in [0, 0.1) is 5.92 Å². The molecular formula is C17H20N4O3. The Labute approximate surface area is 138 Å². The lowest BCUT2D eigenvalue weighted by Gasteiger charge is -2.07. The minimum absolute atomic E-state index is 0.122. The first-order chi connectivity index (χ1) is 11.5. The van der Waals surface area contributed by atoms with E-state index < -0.39 is 0 Å². The van der Waals surface area contributed by atoms with Crippen molar-refractivity contribution >= 4 is 5.65 Å². The second-order valence-corrected chi connectivity index (χ2v) is 5.95. The average Bonchev–Trinajstić information content (AvgIpc) is 2.86. The van der Waals surface area contributed by atoms with Gasteiger partial charge in [-0.2, -0.15) is 0 Å². The quantitative estimate of drug-likeness (QED) is 0.715. The summed E-state index contributed by atoms with van der Waals surface area (Å²) in [5, 5.41) is 4.19. The topological polar surface area (TPSA) is 70.5 Å². The molecule has 0 aliphatic carbocycles. The van der Waals surface area contributed by atoms with Crippen molar-refractivity contribution in [2.24, 2.45) is 5.92 Å². The van der Waals surface area contributed by atoms with Gasteiger partial charge < -0.3 is 4.74 Å². The van der Waals surface area contributed by atoms with E-state index in [-0.39, 0.29) is 22.8 Å². The first-order valence-corrected chi connectivity index (χ1v) is 7.95. The van der Waals surface area contributed by atoms with Crippen LogP contribution in [-0.2, 0) is 6.54 Å². The summed E-state index contributed by atoms with van der Waals surface area (Å²) in [5.74, 6) is 1.01. The van der Waals surface area contributed by atoms with E-state index in [1.54, 1.807) is 36.7 Å². The molecule has 3 rings (SSSR count). The molecule has 3 aromatic rings. The molecule has 0 aliphatic heterocycles. The number of fused-ring (bicyclic) bond motifs is 1. The van der Waals surface area contributed by atoms with Gasteiger partial charge in [0, 0.05) is 24.6 Å². The summed E-state index contributed by atoms with van der Waals surface area (Å²) in [5.41, 5.74) is 0.185. The van der Waals surface area contributed by atoms with Crippen LogP contribution in [0.4, 0.5) is 0 Å². The fourth-order valence-electron chi connectivity index (χ4n) is 2.55. The molecule has 0 saturated carbocycles. The number of hydrogen-bond acceptors (Lipinski definition) is 4. The van der Waals surface area contributed by atoms with Crippen LogP contribution >= 0.6 is 0 Å². The van der Waals surface area contributed by atoms with E-state index >= 15 is 0 Å². The highest BCUT2D eigenvalue weighted by Crippen LogP contribution is 2.14. The van der Waals surface area contributed by atoms with Crippen LogP contribution in [0.2, 0.25) is 0 Å². The number of rotatable bonds is 5. The smallest absolute Gasteiger partial charge is 0.350 e. The van der Waals surface area contributed by atoms with Gasteiger partial charge in [0.25, 0.3) is 0 Å². The minimum atomic E-state index is -0.332. The number of nitrogens with zero attached hydrogens (tertiary/aromatic N) is 4. The molecule has 0 unspecified atom stereocenters. The number of aromatic nitrogens is 4. The van der Waals surface area contributed by atoms with E-state index in [2.05, 4.69) is 5.10 Å². The fourth-order valence-corrected chi connectivity index (χ4v) is 2.55. The number of ether oxygens (including phenoxy) is 1. The van der Waals surface area contributed by atoms with Crippen molar-refractivity contribution in [2.75, 3.05) is 6.61 Å². The van der Waals surface area contributed by atoms with Gasteiger partial charge in [0.05, 0.1) is 6.61 Å². The molecule has 0 N–H and O–H groups in total. The Hall–Kier alpha value is -2.83. The zero-order valence-corrected chi connectivity index (χ0v) is 14.0. The molecule has 0 saturated heterocycles. The van der Waals surface area contributed by atoms with Crippen LogP contribution < -0.4 is 16.0 Å². The van der Waals surface area contributed by atoms with Gasteiger partial charge in [-0.3, -0.25) is 9.36 Å². The highest BCUT2D eigenvalue weighted by molar-refractivity contribution is 5.42. The molecule has 7 heteroatoms. The van der Waals surface area contributed by atoms with Crippen LogP contribution in [-0.4, -0.2) is 25.4 Å². The molecule has 2 aromatic heterocycles. The Bertz CT molecular complexity index is 964. The molecular weight excluding hydrogens is 308 g/mol. The first-order valence-electron chi connectivity index (χ1n) is 7.95. The summed E-state index contributed by atoms with van der Waals surface area (Å²) in [6.45, 7) is 6.96. The lowest BCUT2D eigenvalue weighted by molar-refractivity contribution is 0.340. The maximum absolute atomic E-state index is 12.7. The zero-order valence-electron chi connectivity index (χ0n) is 14.0. The van der Waals surface area contributed by atoms with Crippen molar-refractivity contribution in [1.29, 1.82) is 0 Å². The summed E-state index contributed by atoms with van der Waals surface area (Å²) in [6, 6.07) is 7.20. The molecule has 24 heavy (non-hydrogen) atoms. The van der Waals surface area contributed by atoms with Crippen molar-refractivity contribution in [3.05, 3.63) is 57.5 Å². The molecule has 0 spiro atoms. The third-order valence-corrected chi connectivity index (χ3v) is 3.61. The standard InChI is InChI=1S/C17H20N4O3/c1-4-24-14-7-5-13(6-8-14)19-9-10-20-15(16(19)22)18-21(17(20)23)11-12(2)3/h5-10,12H,4,11H2,1-3H3. The van der Waals surface area contributed by atoms with E-state index in [0.29, 0.717) is 18.8 Å². The molecule has 126 valence electrons. The molecule has 0 amide bonds. The molecule has 0 atom stereocenters. The van der Waals surface area contributed by atoms with Crippen LogP contribution in [0.1, 0.15) is 20.8 Å². The fraction of sp³-hybridized carbons (Fsp3) is 0.353. The van der Waals surface area contributed by atoms with Gasteiger partial charge in [-0.1, -0.05) is 13.8 Å². The third kappa shape index (κ3) is 2.84. The Morgan fingerprint density at radius 3 is 2.46 bits per heavy atom. The average molecular weight is 328 g/mol. The normalized spacial score (nSPS) is 11.3. The Morgan fingerprint density at radius 2 is 1.83 bits per heavy atom. The Kier molecular flexibility index (Phi) is 4.24. The molecule has 0 bridgehead atoms. The predicted octanol–water partition coefficient (Wildman–Crippen LogP) is 1.70. The molecule has 0 aliphatic rings. The van der Waals surface area contributed by atoms with Gasteiger partial charge >= 0.3 is 11.2 Å². The van der Waals surface area contributed by atoms with Crippen LogP contribution in [0.25, 0.3) is 11.3 Å². The third-order valence-electron chi connectivity index (χ3n) is 3.61. The van der Waals surface area contributed by atoms with Crippen molar-refractivity contribution < 1.29 is 4.74 Å². The van der Waals surface area contributed by atoms with Crippen molar-refractivity contribution in [3.8, 4) is 11.4 Å². The van der Waals surface area contributed by atoms with Crippen molar-refractivity contribution in [1.82, 2.24) is 18.7 Å². The lowest BCUT2D eigenvalue weighted by Crippen LogP contribution is -2.25. The van der Waals surface area contributed by atoms with E-state index in [9.17, 15) is 9.59 Å². The first kappa shape index (κ1) is 16.0. The maximum Gasteiger partial charge on any atom is 0.350 e. The van der Waals surface area contributed by atoms with Crippen molar-refractivity contribution in [3.63, 3.8) is 0 Å².